The predicted molar refractivity (Wildman–Crippen MR) is 139 cm³/mol. The summed E-state index contributed by atoms with van der Waals surface area (Å²) in [4.78, 5) is 17.7. The maximum atomic E-state index is 13.3. The minimum absolute atomic E-state index is 0.0716. The molecule has 10 nitrogen and oxygen atoms in total. The molecule has 0 radical (unpaired) electrons. The van der Waals surface area contributed by atoms with Crippen LogP contribution in [0.15, 0.2) is 65.6 Å². The Morgan fingerprint density at radius 3 is 2.45 bits per heavy atom. The number of benzene rings is 2. The molecule has 200 valence electrons. The Morgan fingerprint density at radius 1 is 1.08 bits per heavy atom. The van der Waals surface area contributed by atoms with E-state index in [1.54, 1.807) is 44.2 Å². The number of pyridine rings is 1. The lowest BCUT2D eigenvalue weighted by molar-refractivity contribution is -0.118. The lowest BCUT2D eigenvalue weighted by atomic mass is 9.94. The molecule has 1 saturated carbocycles. The lowest BCUT2D eigenvalue weighted by Crippen LogP contribution is -2.54. The van der Waals surface area contributed by atoms with Crippen LogP contribution in [0.2, 0.25) is 0 Å². The maximum Gasteiger partial charge on any atom is 0.243 e. The Balaban J connectivity index is 1.31. The van der Waals surface area contributed by atoms with Crippen molar-refractivity contribution in [2.24, 2.45) is 5.92 Å². The number of fused-ring (bicyclic) bond motifs is 1. The van der Waals surface area contributed by atoms with E-state index < -0.39 is 33.7 Å². The van der Waals surface area contributed by atoms with Crippen molar-refractivity contribution in [2.75, 3.05) is 18.7 Å². The van der Waals surface area contributed by atoms with Gasteiger partial charge in [-0.05, 0) is 60.7 Å². The van der Waals surface area contributed by atoms with Crippen LogP contribution in [0.4, 0.5) is 5.82 Å². The van der Waals surface area contributed by atoms with Crippen molar-refractivity contribution in [2.45, 2.75) is 42.7 Å². The number of nitrogens with one attached hydrogen (secondary N) is 2. The average molecular weight is 540 g/mol. The first-order valence-corrected chi connectivity index (χ1v) is 13.7. The highest BCUT2D eigenvalue weighted by Gasteiger charge is 2.51. The third kappa shape index (κ3) is 4.85. The summed E-state index contributed by atoms with van der Waals surface area (Å²) >= 11 is 0. The number of aromatic nitrogens is 1. The van der Waals surface area contributed by atoms with E-state index in [-0.39, 0.29) is 17.6 Å². The fraction of sp³-hybridized carbons (Fsp3) is 0.333. The Bertz CT molecular complexity index is 1470. The molecule has 0 saturated heterocycles. The van der Waals surface area contributed by atoms with Gasteiger partial charge in [-0.25, -0.2) is 13.4 Å². The van der Waals surface area contributed by atoms with Crippen molar-refractivity contribution in [1.29, 1.82) is 0 Å². The SMILES string of the molecule is CC(C)[C@](O)(CO)NS(=O)(=O)c1ccc(-c2cccc(NC(=O)C3(c4ccc5c(c4)OCO5)CC3)n2)cc1. The third-order valence-corrected chi connectivity index (χ3v) is 8.58. The maximum absolute atomic E-state index is 13.3. The molecular formula is C27H29N3O7S. The van der Waals surface area contributed by atoms with Crippen LogP contribution in [0, 0.1) is 5.92 Å². The van der Waals surface area contributed by atoms with Gasteiger partial charge in [-0.3, -0.25) is 4.79 Å². The molecular weight excluding hydrogens is 510 g/mol. The summed E-state index contributed by atoms with van der Waals surface area (Å²) in [6, 6.07) is 16.7. The number of sulfonamides is 1. The van der Waals surface area contributed by atoms with Crippen molar-refractivity contribution >= 4 is 21.7 Å². The number of hydrogen-bond acceptors (Lipinski definition) is 8. The van der Waals surface area contributed by atoms with Crippen LogP contribution in [-0.4, -0.2) is 48.6 Å². The highest BCUT2D eigenvalue weighted by Crippen LogP contribution is 2.51. The van der Waals surface area contributed by atoms with Gasteiger partial charge in [0, 0.05) is 5.56 Å². The molecule has 1 aromatic heterocycles. The van der Waals surface area contributed by atoms with Gasteiger partial charge in [-0.15, -0.1) is 0 Å². The molecule has 5 rings (SSSR count). The lowest BCUT2D eigenvalue weighted by Gasteiger charge is -2.30. The first kappa shape index (κ1) is 26.1. The monoisotopic (exact) mass is 539 g/mol. The van der Waals surface area contributed by atoms with E-state index in [2.05, 4.69) is 15.0 Å². The molecule has 4 N–H and O–H groups in total. The highest BCUT2D eigenvalue weighted by atomic mass is 32.2. The summed E-state index contributed by atoms with van der Waals surface area (Å²) in [5.74, 6) is 0.965. The molecule has 1 amide bonds. The zero-order chi connectivity index (χ0) is 27.1. The summed E-state index contributed by atoms with van der Waals surface area (Å²) in [6.45, 7) is 2.60. The second-order valence-electron chi connectivity index (χ2n) is 9.88. The van der Waals surface area contributed by atoms with E-state index in [0.29, 0.717) is 41.4 Å². The number of aliphatic hydroxyl groups excluding tert-OH is 1. The second-order valence-corrected chi connectivity index (χ2v) is 11.6. The molecule has 1 aliphatic carbocycles. The molecule has 1 aliphatic heterocycles. The number of amides is 1. The topological polar surface area (TPSA) is 147 Å². The van der Waals surface area contributed by atoms with Gasteiger partial charge in [0.05, 0.1) is 22.6 Å². The number of ether oxygens (including phenoxy) is 2. The van der Waals surface area contributed by atoms with Gasteiger partial charge in [0.15, 0.2) is 17.2 Å². The number of anilines is 1. The summed E-state index contributed by atoms with van der Waals surface area (Å²) in [5.41, 5.74) is -0.578. The number of aliphatic hydroxyl groups is 2. The first-order valence-electron chi connectivity index (χ1n) is 12.2. The summed E-state index contributed by atoms with van der Waals surface area (Å²) in [6.07, 6.45) is 1.43. The van der Waals surface area contributed by atoms with Gasteiger partial charge in [0.25, 0.3) is 0 Å². The number of rotatable bonds is 9. The minimum Gasteiger partial charge on any atom is -0.454 e. The Labute approximate surface area is 220 Å². The Hall–Kier alpha value is -3.51. The molecule has 38 heavy (non-hydrogen) atoms. The normalized spacial score (nSPS) is 17.2. The van der Waals surface area contributed by atoms with E-state index in [0.717, 1.165) is 5.56 Å². The van der Waals surface area contributed by atoms with Crippen LogP contribution >= 0.6 is 0 Å². The van der Waals surface area contributed by atoms with E-state index in [1.807, 2.05) is 18.2 Å². The quantitative estimate of drug-likeness (QED) is 0.304. The zero-order valence-corrected chi connectivity index (χ0v) is 21.8. The molecule has 2 heterocycles. The van der Waals surface area contributed by atoms with Gasteiger partial charge in [-0.2, -0.15) is 4.72 Å². The standard InChI is InChI=1S/C27H29N3O7S/c1-17(2)27(33,15-31)30-38(34,35)20-9-6-18(7-10-20)21-4-3-5-24(28-21)29-25(32)26(12-13-26)19-8-11-22-23(14-19)37-16-36-22/h3-11,14,17,30-31,33H,12-13,15-16H2,1-2H3,(H,28,29,32)/t27-/m1/s1. The smallest absolute Gasteiger partial charge is 0.243 e. The Kier molecular flexibility index (Phi) is 6.64. The predicted octanol–water partition coefficient (Wildman–Crippen LogP) is 2.76. The fourth-order valence-corrected chi connectivity index (χ4v) is 5.67. The zero-order valence-electron chi connectivity index (χ0n) is 21.0. The van der Waals surface area contributed by atoms with Gasteiger partial charge in [0.2, 0.25) is 22.7 Å². The number of carbonyl (C=O) groups excluding carboxylic acids is 1. The molecule has 1 fully saturated rings. The summed E-state index contributed by atoms with van der Waals surface area (Å²) in [5, 5.41) is 22.8. The number of carbonyl (C=O) groups is 1. The molecule has 2 aliphatic rings. The van der Waals surface area contributed by atoms with Crippen LogP contribution in [0.5, 0.6) is 11.5 Å². The van der Waals surface area contributed by atoms with Gasteiger partial charge in [0.1, 0.15) is 5.82 Å². The van der Waals surface area contributed by atoms with Crippen molar-refractivity contribution in [3.05, 3.63) is 66.2 Å². The summed E-state index contributed by atoms with van der Waals surface area (Å²) < 4.78 is 38.5. The third-order valence-electron chi connectivity index (χ3n) is 7.07. The highest BCUT2D eigenvalue weighted by molar-refractivity contribution is 7.89. The molecule has 0 spiro atoms. The molecule has 2 aromatic carbocycles. The van der Waals surface area contributed by atoms with Crippen LogP contribution in [0.1, 0.15) is 32.3 Å². The van der Waals surface area contributed by atoms with Crippen LogP contribution < -0.4 is 19.5 Å². The number of nitrogens with zero attached hydrogens (tertiary/aromatic N) is 1. The van der Waals surface area contributed by atoms with E-state index >= 15 is 0 Å². The van der Waals surface area contributed by atoms with E-state index in [9.17, 15) is 23.4 Å². The summed E-state index contributed by atoms with van der Waals surface area (Å²) in [7, 11) is -4.09. The minimum atomic E-state index is -4.09. The molecule has 3 aromatic rings. The number of hydrogen-bond donors (Lipinski definition) is 4. The van der Waals surface area contributed by atoms with Crippen molar-refractivity contribution in [3.63, 3.8) is 0 Å². The van der Waals surface area contributed by atoms with E-state index in [4.69, 9.17) is 9.47 Å². The van der Waals surface area contributed by atoms with Crippen LogP contribution in [0.25, 0.3) is 11.3 Å². The average Bonchev–Trinajstić information content (AvgIpc) is 3.59. The molecule has 0 bridgehead atoms. The van der Waals surface area contributed by atoms with Gasteiger partial charge < -0.3 is 25.0 Å². The fourth-order valence-electron chi connectivity index (χ4n) is 4.30. The largest absolute Gasteiger partial charge is 0.454 e. The molecule has 0 unspecified atom stereocenters. The molecule has 11 heteroatoms. The second kappa shape index (κ2) is 9.66. The van der Waals surface area contributed by atoms with Gasteiger partial charge in [-0.1, -0.05) is 38.1 Å². The molecule has 1 atom stereocenters. The van der Waals surface area contributed by atoms with Crippen molar-refractivity contribution in [3.8, 4) is 22.8 Å². The van der Waals surface area contributed by atoms with Gasteiger partial charge >= 0.3 is 0 Å². The van der Waals surface area contributed by atoms with Crippen LogP contribution in [0.3, 0.4) is 0 Å². The Morgan fingerprint density at radius 2 is 1.79 bits per heavy atom. The first-order chi connectivity index (χ1) is 18.1. The van der Waals surface area contributed by atoms with Crippen molar-refractivity contribution < 1.29 is 32.9 Å². The van der Waals surface area contributed by atoms with E-state index in [1.165, 1.54) is 12.1 Å². The van der Waals surface area contributed by atoms with Crippen LogP contribution in [-0.2, 0) is 20.2 Å². The van der Waals surface area contributed by atoms with Crippen molar-refractivity contribution in [1.82, 2.24) is 9.71 Å².